The topological polar surface area (TPSA) is 56.7 Å². The third-order valence-electron chi connectivity index (χ3n) is 2.82. The maximum atomic E-state index is 5.92. The van der Waals surface area contributed by atoms with Crippen molar-refractivity contribution in [1.82, 2.24) is 14.8 Å². The van der Waals surface area contributed by atoms with Crippen molar-refractivity contribution in [1.29, 1.82) is 0 Å². The maximum absolute atomic E-state index is 5.92. The molecule has 2 rings (SSSR count). The van der Waals surface area contributed by atoms with Crippen molar-refractivity contribution < 1.29 is 0 Å². The fourth-order valence-corrected chi connectivity index (χ4v) is 1.80. The molecule has 1 heterocycles. The minimum Gasteiger partial charge on any atom is -0.398 e. The van der Waals surface area contributed by atoms with Crippen molar-refractivity contribution in [3.05, 3.63) is 29.6 Å². The van der Waals surface area contributed by atoms with E-state index in [0.717, 1.165) is 41.3 Å². The van der Waals surface area contributed by atoms with Crippen LogP contribution in [0, 0.1) is 6.92 Å². The Labute approximate surface area is 101 Å². The van der Waals surface area contributed by atoms with E-state index in [1.165, 1.54) is 0 Å². The van der Waals surface area contributed by atoms with E-state index >= 15 is 0 Å². The lowest BCUT2D eigenvalue weighted by Gasteiger charge is -2.03. The van der Waals surface area contributed by atoms with E-state index in [0.29, 0.717) is 0 Å². The van der Waals surface area contributed by atoms with Gasteiger partial charge in [-0.15, -0.1) is 0 Å². The Bertz CT molecular complexity index is 528. The molecule has 1 aromatic carbocycles. The van der Waals surface area contributed by atoms with Gasteiger partial charge >= 0.3 is 0 Å². The van der Waals surface area contributed by atoms with Crippen LogP contribution in [0.25, 0.3) is 11.4 Å². The van der Waals surface area contributed by atoms with Crippen LogP contribution in [-0.4, -0.2) is 14.8 Å². The Balaban J connectivity index is 2.41. The van der Waals surface area contributed by atoms with E-state index in [2.05, 4.69) is 17.0 Å². The third kappa shape index (κ3) is 2.30. The first-order chi connectivity index (χ1) is 8.11. The van der Waals surface area contributed by atoms with Crippen LogP contribution in [0.1, 0.15) is 24.7 Å². The molecule has 2 aromatic rings. The molecule has 0 radical (unpaired) electrons. The van der Waals surface area contributed by atoms with E-state index in [4.69, 9.17) is 5.73 Å². The van der Waals surface area contributed by atoms with Gasteiger partial charge in [-0.1, -0.05) is 19.1 Å². The summed E-state index contributed by atoms with van der Waals surface area (Å²) in [5.41, 5.74) is 8.82. The Hall–Kier alpha value is -1.84. The fourth-order valence-electron chi connectivity index (χ4n) is 1.80. The summed E-state index contributed by atoms with van der Waals surface area (Å²) < 4.78 is 1.81. The maximum Gasteiger partial charge on any atom is 0.158 e. The number of anilines is 1. The van der Waals surface area contributed by atoms with Gasteiger partial charge in [0.25, 0.3) is 0 Å². The highest BCUT2D eigenvalue weighted by atomic mass is 15.3. The molecule has 0 aliphatic carbocycles. The molecular formula is C13H18N4. The molecule has 0 spiro atoms. The van der Waals surface area contributed by atoms with Crippen LogP contribution in [0.15, 0.2) is 18.2 Å². The normalized spacial score (nSPS) is 10.8. The number of nitrogens with two attached hydrogens (primary N) is 1. The zero-order chi connectivity index (χ0) is 12.4. The minimum absolute atomic E-state index is 0.794. The minimum atomic E-state index is 0.794. The second-order valence-corrected chi connectivity index (χ2v) is 4.30. The molecular weight excluding hydrogens is 212 g/mol. The summed E-state index contributed by atoms with van der Waals surface area (Å²) in [6.45, 7) is 4.12. The molecule has 4 nitrogen and oxygen atoms in total. The predicted octanol–water partition coefficient (Wildman–Crippen LogP) is 2.33. The number of benzene rings is 1. The first kappa shape index (κ1) is 11.6. The molecule has 0 aliphatic heterocycles. The van der Waals surface area contributed by atoms with Gasteiger partial charge in [0, 0.05) is 24.7 Å². The first-order valence-electron chi connectivity index (χ1n) is 5.88. The van der Waals surface area contributed by atoms with Crippen LogP contribution >= 0.6 is 0 Å². The monoisotopic (exact) mass is 230 g/mol. The SMILES string of the molecule is CCCc1nc(-c2ccc(C)c(N)c2)n(C)n1. The van der Waals surface area contributed by atoms with Gasteiger partial charge in [-0.05, 0) is 25.0 Å². The van der Waals surface area contributed by atoms with E-state index in [1.54, 1.807) is 0 Å². The number of nitrogen functional groups attached to an aromatic ring is 1. The number of rotatable bonds is 3. The highest BCUT2D eigenvalue weighted by Gasteiger charge is 2.09. The predicted molar refractivity (Wildman–Crippen MR) is 69.6 cm³/mol. The molecule has 0 saturated carbocycles. The quantitative estimate of drug-likeness (QED) is 0.823. The van der Waals surface area contributed by atoms with E-state index in [-0.39, 0.29) is 0 Å². The van der Waals surface area contributed by atoms with Crippen LogP contribution in [0.2, 0.25) is 0 Å². The van der Waals surface area contributed by atoms with Crippen LogP contribution in [0.5, 0.6) is 0 Å². The zero-order valence-corrected chi connectivity index (χ0v) is 10.6. The number of hydrogen-bond acceptors (Lipinski definition) is 3. The average Bonchev–Trinajstić information content (AvgIpc) is 2.64. The summed E-state index contributed by atoms with van der Waals surface area (Å²) in [6.07, 6.45) is 1.97. The van der Waals surface area contributed by atoms with Crippen LogP contribution in [0.4, 0.5) is 5.69 Å². The molecule has 0 bridgehead atoms. The van der Waals surface area contributed by atoms with Gasteiger partial charge in [0.15, 0.2) is 11.6 Å². The lowest BCUT2D eigenvalue weighted by atomic mass is 10.1. The van der Waals surface area contributed by atoms with Crippen LogP contribution in [0.3, 0.4) is 0 Å². The second kappa shape index (κ2) is 4.57. The summed E-state index contributed by atoms with van der Waals surface area (Å²) in [5, 5.41) is 4.39. The Morgan fingerprint density at radius 3 is 2.76 bits per heavy atom. The van der Waals surface area contributed by atoms with Gasteiger partial charge in [0.1, 0.15) is 0 Å². The Morgan fingerprint density at radius 1 is 1.35 bits per heavy atom. The summed E-state index contributed by atoms with van der Waals surface area (Å²) in [5.74, 6) is 1.77. The molecule has 90 valence electrons. The van der Waals surface area contributed by atoms with Crippen molar-refractivity contribution in [2.75, 3.05) is 5.73 Å². The Morgan fingerprint density at radius 2 is 2.12 bits per heavy atom. The van der Waals surface area contributed by atoms with Gasteiger partial charge in [-0.25, -0.2) is 9.67 Å². The molecule has 0 atom stereocenters. The standard InChI is InChI=1S/C13H18N4/c1-4-5-12-15-13(17(3)16-12)10-7-6-9(2)11(14)8-10/h6-8H,4-5,14H2,1-3H3. The molecule has 0 fully saturated rings. The van der Waals surface area contributed by atoms with Crippen molar-refractivity contribution in [3.8, 4) is 11.4 Å². The van der Waals surface area contributed by atoms with E-state index in [1.807, 2.05) is 36.9 Å². The molecule has 2 N–H and O–H groups in total. The van der Waals surface area contributed by atoms with Gasteiger partial charge in [-0.2, -0.15) is 5.10 Å². The smallest absolute Gasteiger partial charge is 0.158 e. The zero-order valence-electron chi connectivity index (χ0n) is 10.6. The number of aromatic nitrogens is 3. The van der Waals surface area contributed by atoms with Gasteiger partial charge in [0.2, 0.25) is 0 Å². The molecule has 17 heavy (non-hydrogen) atoms. The molecule has 0 unspecified atom stereocenters. The summed E-state index contributed by atoms with van der Waals surface area (Å²) >= 11 is 0. The molecule has 0 amide bonds. The Kier molecular flexibility index (Phi) is 3.13. The lowest BCUT2D eigenvalue weighted by molar-refractivity contribution is 0.737. The molecule has 4 heteroatoms. The molecule has 0 aliphatic rings. The van der Waals surface area contributed by atoms with Gasteiger partial charge in [-0.3, -0.25) is 0 Å². The third-order valence-corrected chi connectivity index (χ3v) is 2.82. The summed E-state index contributed by atoms with van der Waals surface area (Å²) in [4.78, 5) is 4.54. The summed E-state index contributed by atoms with van der Waals surface area (Å²) in [7, 11) is 1.91. The highest BCUT2D eigenvalue weighted by molar-refractivity contribution is 5.63. The van der Waals surface area contributed by atoms with Crippen molar-refractivity contribution in [2.45, 2.75) is 26.7 Å². The second-order valence-electron chi connectivity index (χ2n) is 4.30. The molecule has 0 saturated heterocycles. The largest absolute Gasteiger partial charge is 0.398 e. The van der Waals surface area contributed by atoms with Crippen molar-refractivity contribution in [3.63, 3.8) is 0 Å². The van der Waals surface area contributed by atoms with E-state index < -0.39 is 0 Å². The lowest BCUT2D eigenvalue weighted by Crippen LogP contribution is -1.96. The summed E-state index contributed by atoms with van der Waals surface area (Å²) in [6, 6.07) is 6.00. The van der Waals surface area contributed by atoms with Crippen LogP contribution in [-0.2, 0) is 13.5 Å². The van der Waals surface area contributed by atoms with Crippen molar-refractivity contribution in [2.24, 2.45) is 7.05 Å². The van der Waals surface area contributed by atoms with Gasteiger partial charge < -0.3 is 5.73 Å². The number of aryl methyl sites for hydroxylation is 3. The highest BCUT2D eigenvalue weighted by Crippen LogP contribution is 2.22. The van der Waals surface area contributed by atoms with Crippen LogP contribution < -0.4 is 5.73 Å². The van der Waals surface area contributed by atoms with Gasteiger partial charge in [0.05, 0.1) is 0 Å². The number of nitrogens with zero attached hydrogens (tertiary/aromatic N) is 3. The fraction of sp³-hybridized carbons (Fsp3) is 0.385. The first-order valence-corrected chi connectivity index (χ1v) is 5.88. The molecule has 1 aromatic heterocycles. The van der Waals surface area contributed by atoms with Crippen molar-refractivity contribution >= 4 is 5.69 Å². The average molecular weight is 230 g/mol. The van der Waals surface area contributed by atoms with E-state index in [9.17, 15) is 0 Å². The number of hydrogen-bond donors (Lipinski definition) is 1.